The summed E-state index contributed by atoms with van der Waals surface area (Å²) < 4.78 is 0.937. The molecule has 0 aromatic carbocycles. The molecule has 0 saturated carbocycles. The van der Waals surface area contributed by atoms with Gasteiger partial charge >= 0.3 is 0 Å². The first-order valence-corrected chi connectivity index (χ1v) is 7.58. The highest BCUT2D eigenvalue weighted by molar-refractivity contribution is 9.10. The second-order valence-electron chi connectivity index (χ2n) is 4.04. The number of aromatic nitrogens is 3. The van der Waals surface area contributed by atoms with E-state index in [-0.39, 0.29) is 0 Å². The lowest BCUT2D eigenvalue weighted by molar-refractivity contribution is 0.977. The zero-order valence-electron chi connectivity index (χ0n) is 10.0. The highest BCUT2D eigenvalue weighted by atomic mass is 79.9. The average molecular weight is 335 g/mol. The van der Waals surface area contributed by atoms with Crippen molar-refractivity contribution in [3.05, 3.63) is 45.6 Å². The fourth-order valence-corrected chi connectivity index (χ4v) is 2.75. The molecule has 19 heavy (non-hydrogen) atoms. The Bertz CT molecular complexity index is 684. The Morgan fingerprint density at radius 3 is 3.05 bits per heavy atom. The molecule has 0 aliphatic rings. The lowest BCUT2D eigenvalue weighted by Crippen LogP contribution is -2.06. The number of nitrogens with one attached hydrogen (secondary N) is 1. The van der Waals surface area contributed by atoms with Crippen molar-refractivity contribution in [2.75, 3.05) is 11.9 Å². The lowest BCUT2D eigenvalue weighted by Gasteiger charge is -2.07. The highest BCUT2D eigenvalue weighted by Gasteiger charge is 2.04. The molecule has 4 nitrogen and oxygen atoms in total. The van der Waals surface area contributed by atoms with Crippen LogP contribution < -0.4 is 5.32 Å². The van der Waals surface area contributed by atoms with Crippen LogP contribution in [0.4, 0.5) is 5.69 Å². The van der Waals surface area contributed by atoms with Gasteiger partial charge in [-0.15, -0.1) is 11.3 Å². The van der Waals surface area contributed by atoms with E-state index < -0.39 is 0 Å². The van der Waals surface area contributed by atoms with Crippen LogP contribution in [0.15, 0.2) is 39.9 Å². The van der Waals surface area contributed by atoms with Gasteiger partial charge in [-0.1, -0.05) is 0 Å². The van der Waals surface area contributed by atoms with Gasteiger partial charge in [0, 0.05) is 35.2 Å². The summed E-state index contributed by atoms with van der Waals surface area (Å²) in [6.45, 7) is 0.834. The van der Waals surface area contributed by atoms with Crippen LogP contribution in [0.1, 0.15) is 5.69 Å². The Kier molecular flexibility index (Phi) is 3.70. The Balaban J connectivity index is 1.77. The Labute approximate surface area is 123 Å². The van der Waals surface area contributed by atoms with Crippen LogP contribution >= 0.6 is 27.3 Å². The minimum Gasteiger partial charge on any atom is -0.383 e. The Morgan fingerprint density at radius 2 is 2.21 bits per heavy atom. The third-order valence-corrected chi connectivity index (χ3v) is 3.79. The molecule has 3 aromatic rings. The molecule has 0 spiro atoms. The molecule has 0 atom stereocenters. The molecule has 3 aromatic heterocycles. The zero-order valence-corrected chi connectivity index (χ0v) is 12.4. The van der Waals surface area contributed by atoms with Crippen LogP contribution in [-0.2, 0) is 6.42 Å². The number of fused-ring (bicyclic) bond motifs is 1. The number of thiazole rings is 1. The second kappa shape index (κ2) is 5.63. The van der Waals surface area contributed by atoms with Crippen LogP contribution in [0.3, 0.4) is 0 Å². The van der Waals surface area contributed by atoms with Gasteiger partial charge in [0.2, 0.25) is 0 Å². The third-order valence-electron chi connectivity index (χ3n) is 2.72. The normalized spacial score (nSPS) is 10.8. The van der Waals surface area contributed by atoms with Crippen LogP contribution in [0.25, 0.3) is 11.0 Å². The van der Waals surface area contributed by atoms with Gasteiger partial charge in [0.15, 0.2) is 0 Å². The summed E-state index contributed by atoms with van der Waals surface area (Å²) in [6.07, 6.45) is 4.49. The molecular formula is C13H11BrN4S. The van der Waals surface area contributed by atoms with E-state index in [1.807, 2.05) is 17.6 Å². The van der Waals surface area contributed by atoms with Gasteiger partial charge < -0.3 is 5.32 Å². The first-order chi connectivity index (χ1) is 9.33. The molecule has 0 aliphatic carbocycles. The number of anilines is 1. The average Bonchev–Trinajstić information content (AvgIpc) is 2.92. The summed E-state index contributed by atoms with van der Waals surface area (Å²) >= 11 is 5.03. The van der Waals surface area contributed by atoms with Crippen molar-refractivity contribution >= 4 is 44.0 Å². The van der Waals surface area contributed by atoms with Crippen LogP contribution in [0.2, 0.25) is 0 Å². The SMILES string of the molecule is Brc1cnc2c(NCCc3cscn3)ccnc2c1. The van der Waals surface area contributed by atoms with Gasteiger partial charge in [-0.3, -0.25) is 9.97 Å². The molecule has 0 amide bonds. The van der Waals surface area contributed by atoms with Crippen molar-refractivity contribution in [2.45, 2.75) is 6.42 Å². The van der Waals surface area contributed by atoms with Crippen LogP contribution in [0.5, 0.6) is 0 Å². The first-order valence-electron chi connectivity index (χ1n) is 5.84. The van der Waals surface area contributed by atoms with Crippen molar-refractivity contribution in [3.8, 4) is 0 Å². The summed E-state index contributed by atoms with van der Waals surface area (Å²) in [5.74, 6) is 0. The molecule has 0 aliphatic heterocycles. The van der Waals surface area contributed by atoms with E-state index in [1.54, 1.807) is 23.7 Å². The number of rotatable bonds is 4. The molecule has 3 heterocycles. The summed E-state index contributed by atoms with van der Waals surface area (Å²) in [4.78, 5) is 13.0. The van der Waals surface area contributed by atoms with Crippen molar-refractivity contribution in [2.24, 2.45) is 0 Å². The van der Waals surface area contributed by atoms with Gasteiger partial charge in [0.1, 0.15) is 5.52 Å². The smallest absolute Gasteiger partial charge is 0.112 e. The van der Waals surface area contributed by atoms with Crippen LogP contribution in [-0.4, -0.2) is 21.5 Å². The van der Waals surface area contributed by atoms with Crippen molar-refractivity contribution in [1.82, 2.24) is 15.0 Å². The standard InChI is InChI=1S/C13H11BrN4S/c14-9-5-12-13(17-6-9)11(2-4-16-12)15-3-1-10-7-19-8-18-10/h2,4-8H,1,3H2,(H,15,16). The van der Waals surface area contributed by atoms with E-state index in [0.29, 0.717) is 0 Å². The van der Waals surface area contributed by atoms with Gasteiger partial charge in [0.25, 0.3) is 0 Å². The molecule has 0 unspecified atom stereocenters. The van der Waals surface area contributed by atoms with Crippen LogP contribution in [0, 0.1) is 0 Å². The fourth-order valence-electron chi connectivity index (χ4n) is 1.83. The molecule has 96 valence electrons. The lowest BCUT2D eigenvalue weighted by atomic mass is 10.2. The van der Waals surface area contributed by atoms with Crippen molar-refractivity contribution in [3.63, 3.8) is 0 Å². The maximum Gasteiger partial charge on any atom is 0.112 e. The predicted molar refractivity (Wildman–Crippen MR) is 81.5 cm³/mol. The summed E-state index contributed by atoms with van der Waals surface area (Å²) in [5.41, 5.74) is 5.76. The molecule has 3 rings (SSSR count). The van der Waals surface area contributed by atoms with Gasteiger partial charge in [-0.2, -0.15) is 0 Å². The monoisotopic (exact) mass is 334 g/mol. The number of nitrogens with zero attached hydrogens (tertiary/aromatic N) is 3. The Morgan fingerprint density at radius 1 is 1.26 bits per heavy atom. The van der Waals surface area contributed by atoms with Crippen molar-refractivity contribution < 1.29 is 0 Å². The maximum atomic E-state index is 4.41. The highest BCUT2D eigenvalue weighted by Crippen LogP contribution is 2.21. The largest absolute Gasteiger partial charge is 0.383 e. The number of hydrogen-bond acceptors (Lipinski definition) is 5. The fraction of sp³-hybridized carbons (Fsp3) is 0.154. The first kappa shape index (κ1) is 12.5. The quantitative estimate of drug-likeness (QED) is 0.793. The predicted octanol–water partition coefficient (Wildman–Crippen LogP) is 3.50. The van der Waals surface area contributed by atoms with E-state index >= 15 is 0 Å². The maximum absolute atomic E-state index is 4.41. The van der Waals surface area contributed by atoms with E-state index in [1.165, 1.54) is 0 Å². The summed E-state index contributed by atoms with van der Waals surface area (Å²) in [6, 6.07) is 3.91. The number of pyridine rings is 2. The van der Waals surface area contributed by atoms with Crippen molar-refractivity contribution in [1.29, 1.82) is 0 Å². The Hall–Kier alpha value is -1.53. The van der Waals surface area contributed by atoms with E-state index in [0.717, 1.165) is 39.9 Å². The molecule has 0 fully saturated rings. The second-order valence-corrected chi connectivity index (χ2v) is 5.67. The third kappa shape index (κ3) is 2.90. The molecule has 0 saturated heterocycles. The van der Waals surface area contributed by atoms with E-state index in [2.05, 4.69) is 41.6 Å². The number of halogens is 1. The molecule has 1 N–H and O–H groups in total. The molecule has 0 radical (unpaired) electrons. The van der Waals surface area contributed by atoms with E-state index in [4.69, 9.17) is 0 Å². The summed E-state index contributed by atoms with van der Waals surface area (Å²) in [5, 5.41) is 5.46. The minimum atomic E-state index is 0.834. The zero-order chi connectivity index (χ0) is 13.1. The molecule has 0 bridgehead atoms. The van der Waals surface area contributed by atoms with E-state index in [9.17, 15) is 0 Å². The number of hydrogen-bond donors (Lipinski definition) is 1. The molecule has 6 heteroatoms. The topological polar surface area (TPSA) is 50.7 Å². The van der Waals surface area contributed by atoms with Gasteiger partial charge in [-0.05, 0) is 28.1 Å². The van der Waals surface area contributed by atoms with Gasteiger partial charge in [-0.25, -0.2) is 4.98 Å². The minimum absolute atomic E-state index is 0.834. The molecular weight excluding hydrogens is 324 g/mol. The van der Waals surface area contributed by atoms with Gasteiger partial charge in [0.05, 0.1) is 22.4 Å². The summed E-state index contributed by atoms with van der Waals surface area (Å²) in [7, 11) is 0.